The molecule has 0 atom stereocenters. The number of nitro groups is 1. The van der Waals surface area contributed by atoms with Crippen molar-refractivity contribution < 1.29 is 19.6 Å². The molecule has 2 rings (SSSR count). The molecule has 1 heterocycles. The molecule has 1 aromatic heterocycles. The highest BCUT2D eigenvalue weighted by Crippen LogP contribution is 2.23. The van der Waals surface area contributed by atoms with E-state index in [-0.39, 0.29) is 22.5 Å². The van der Waals surface area contributed by atoms with Crippen molar-refractivity contribution in [2.24, 2.45) is 0 Å². The van der Waals surface area contributed by atoms with Crippen LogP contribution in [0.15, 0.2) is 30.6 Å². The van der Waals surface area contributed by atoms with Crippen molar-refractivity contribution in [1.82, 2.24) is 10.2 Å². The van der Waals surface area contributed by atoms with Gasteiger partial charge in [-0.25, -0.2) is 4.79 Å². The number of anilines is 1. The Balaban J connectivity index is 2.37. The SMILES string of the molecule is O=C(Nc1cc([N+](=O)[O-])ccc1C(=O)O)c1cn[nH]c1. The summed E-state index contributed by atoms with van der Waals surface area (Å²) in [5, 5.41) is 28.0. The maximum absolute atomic E-state index is 11.8. The van der Waals surface area contributed by atoms with Crippen LogP contribution in [0.4, 0.5) is 11.4 Å². The van der Waals surface area contributed by atoms with Gasteiger partial charge in [-0.3, -0.25) is 20.0 Å². The summed E-state index contributed by atoms with van der Waals surface area (Å²) in [7, 11) is 0. The fraction of sp³-hybridized carbons (Fsp3) is 0. The Kier molecular flexibility index (Phi) is 3.42. The van der Waals surface area contributed by atoms with E-state index in [4.69, 9.17) is 5.11 Å². The van der Waals surface area contributed by atoms with E-state index in [1.54, 1.807) is 0 Å². The topological polar surface area (TPSA) is 138 Å². The van der Waals surface area contributed by atoms with Gasteiger partial charge in [-0.15, -0.1) is 0 Å². The van der Waals surface area contributed by atoms with Crippen LogP contribution in [0, 0.1) is 10.1 Å². The molecule has 0 unspecified atom stereocenters. The number of nitrogens with zero attached hydrogens (tertiary/aromatic N) is 2. The lowest BCUT2D eigenvalue weighted by Gasteiger charge is -2.07. The number of carboxylic acids is 1. The highest BCUT2D eigenvalue weighted by atomic mass is 16.6. The predicted molar refractivity (Wildman–Crippen MR) is 66.6 cm³/mol. The number of rotatable bonds is 4. The second kappa shape index (κ2) is 5.18. The number of amides is 1. The highest BCUT2D eigenvalue weighted by Gasteiger charge is 2.18. The third kappa shape index (κ3) is 2.61. The Hall–Kier alpha value is -3.23. The number of carbonyl (C=O) groups excluding carboxylic acids is 1. The van der Waals surface area contributed by atoms with Crippen LogP contribution >= 0.6 is 0 Å². The van der Waals surface area contributed by atoms with Crippen LogP contribution in [-0.2, 0) is 0 Å². The van der Waals surface area contributed by atoms with E-state index in [9.17, 15) is 19.7 Å². The van der Waals surface area contributed by atoms with E-state index in [0.29, 0.717) is 0 Å². The molecule has 0 saturated carbocycles. The van der Waals surface area contributed by atoms with Crippen molar-refractivity contribution in [2.45, 2.75) is 0 Å². The van der Waals surface area contributed by atoms with Gasteiger partial charge in [-0.1, -0.05) is 0 Å². The fourth-order valence-corrected chi connectivity index (χ4v) is 1.51. The first kappa shape index (κ1) is 13.2. The molecule has 0 aliphatic carbocycles. The summed E-state index contributed by atoms with van der Waals surface area (Å²) in [6.45, 7) is 0. The number of nitrogens with one attached hydrogen (secondary N) is 2. The highest BCUT2D eigenvalue weighted by molar-refractivity contribution is 6.07. The van der Waals surface area contributed by atoms with Crippen molar-refractivity contribution in [3.05, 3.63) is 51.8 Å². The molecule has 102 valence electrons. The summed E-state index contributed by atoms with van der Waals surface area (Å²) in [4.78, 5) is 32.8. The van der Waals surface area contributed by atoms with Crippen LogP contribution < -0.4 is 5.32 Å². The molecule has 9 nitrogen and oxygen atoms in total. The second-order valence-corrected chi connectivity index (χ2v) is 3.73. The molecule has 0 radical (unpaired) electrons. The van der Waals surface area contributed by atoms with Crippen LogP contribution in [0.1, 0.15) is 20.7 Å². The van der Waals surface area contributed by atoms with Gasteiger partial charge < -0.3 is 10.4 Å². The van der Waals surface area contributed by atoms with E-state index in [0.717, 1.165) is 18.2 Å². The molecule has 20 heavy (non-hydrogen) atoms. The van der Waals surface area contributed by atoms with Crippen LogP contribution in [-0.4, -0.2) is 32.1 Å². The van der Waals surface area contributed by atoms with Gasteiger partial charge in [0.25, 0.3) is 11.6 Å². The molecule has 0 aliphatic rings. The zero-order chi connectivity index (χ0) is 14.7. The zero-order valence-corrected chi connectivity index (χ0v) is 9.86. The standard InChI is InChI=1S/C11H8N4O5/c16-10(6-4-12-13-5-6)14-9-3-7(15(19)20)1-2-8(9)11(17)18/h1-5H,(H,12,13)(H,14,16)(H,17,18). The number of carboxylic acid groups (broad SMARTS) is 1. The van der Waals surface area contributed by atoms with Crippen molar-refractivity contribution >= 4 is 23.3 Å². The van der Waals surface area contributed by atoms with E-state index in [2.05, 4.69) is 15.5 Å². The second-order valence-electron chi connectivity index (χ2n) is 3.73. The Bertz CT molecular complexity index is 680. The van der Waals surface area contributed by atoms with Gasteiger partial charge in [0.15, 0.2) is 0 Å². The summed E-state index contributed by atoms with van der Waals surface area (Å²) in [6, 6.07) is 3.10. The minimum absolute atomic E-state index is 0.155. The van der Waals surface area contributed by atoms with Crippen LogP contribution in [0.25, 0.3) is 0 Å². The number of aromatic carboxylic acids is 1. The molecule has 1 amide bonds. The number of hydrogen-bond acceptors (Lipinski definition) is 5. The maximum Gasteiger partial charge on any atom is 0.337 e. The van der Waals surface area contributed by atoms with E-state index in [1.807, 2.05) is 0 Å². The molecule has 2 aromatic rings. The number of nitro benzene ring substituents is 1. The first-order chi connectivity index (χ1) is 9.49. The lowest BCUT2D eigenvalue weighted by Crippen LogP contribution is -2.14. The average molecular weight is 276 g/mol. The lowest BCUT2D eigenvalue weighted by molar-refractivity contribution is -0.384. The summed E-state index contributed by atoms with van der Waals surface area (Å²) >= 11 is 0. The normalized spacial score (nSPS) is 10.0. The van der Waals surface area contributed by atoms with Gasteiger partial charge >= 0.3 is 5.97 Å². The van der Waals surface area contributed by atoms with Crippen LogP contribution in [0.5, 0.6) is 0 Å². The molecule has 0 spiro atoms. The van der Waals surface area contributed by atoms with E-state index in [1.165, 1.54) is 12.4 Å². The number of carbonyl (C=O) groups is 2. The summed E-state index contributed by atoms with van der Waals surface area (Å²) in [5.74, 6) is -1.93. The predicted octanol–water partition coefficient (Wildman–Crippen LogP) is 1.27. The third-order valence-corrected chi connectivity index (χ3v) is 2.45. The summed E-state index contributed by atoms with van der Waals surface area (Å²) in [6.07, 6.45) is 2.56. The smallest absolute Gasteiger partial charge is 0.337 e. The molecule has 0 fully saturated rings. The Morgan fingerprint density at radius 3 is 2.70 bits per heavy atom. The minimum atomic E-state index is -1.30. The third-order valence-electron chi connectivity index (χ3n) is 2.45. The maximum atomic E-state index is 11.8. The van der Waals surface area contributed by atoms with Crippen LogP contribution in [0.3, 0.4) is 0 Å². The molecule has 1 aromatic carbocycles. The number of benzene rings is 1. The Morgan fingerprint density at radius 1 is 1.40 bits per heavy atom. The zero-order valence-electron chi connectivity index (χ0n) is 9.86. The summed E-state index contributed by atoms with van der Waals surface area (Å²) < 4.78 is 0. The Morgan fingerprint density at radius 2 is 2.15 bits per heavy atom. The van der Waals surface area contributed by atoms with Crippen molar-refractivity contribution in [2.75, 3.05) is 5.32 Å². The molecular formula is C11H8N4O5. The molecule has 3 N–H and O–H groups in total. The van der Waals surface area contributed by atoms with Gasteiger partial charge in [-0.2, -0.15) is 5.10 Å². The quantitative estimate of drug-likeness (QED) is 0.567. The van der Waals surface area contributed by atoms with Crippen molar-refractivity contribution in [3.8, 4) is 0 Å². The summed E-state index contributed by atoms with van der Waals surface area (Å²) in [5.41, 5.74) is -0.546. The molecule has 0 aliphatic heterocycles. The number of hydrogen-bond donors (Lipinski definition) is 3. The molecule has 0 saturated heterocycles. The van der Waals surface area contributed by atoms with Gasteiger partial charge in [0, 0.05) is 18.3 Å². The molecular weight excluding hydrogens is 268 g/mol. The average Bonchev–Trinajstić information content (AvgIpc) is 2.92. The fourth-order valence-electron chi connectivity index (χ4n) is 1.51. The van der Waals surface area contributed by atoms with Crippen molar-refractivity contribution in [3.63, 3.8) is 0 Å². The first-order valence-electron chi connectivity index (χ1n) is 5.31. The number of H-pyrrole nitrogens is 1. The van der Waals surface area contributed by atoms with Gasteiger partial charge in [0.05, 0.1) is 27.9 Å². The monoisotopic (exact) mass is 276 g/mol. The van der Waals surface area contributed by atoms with Gasteiger partial charge in [-0.05, 0) is 6.07 Å². The number of aromatic amines is 1. The van der Waals surface area contributed by atoms with Crippen LogP contribution in [0.2, 0.25) is 0 Å². The van der Waals surface area contributed by atoms with Gasteiger partial charge in [0.2, 0.25) is 0 Å². The lowest BCUT2D eigenvalue weighted by atomic mass is 10.1. The number of aromatic nitrogens is 2. The minimum Gasteiger partial charge on any atom is -0.478 e. The largest absolute Gasteiger partial charge is 0.478 e. The Labute approximate surface area is 111 Å². The van der Waals surface area contributed by atoms with Gasteiger partial charge in [0.1, 0.15) is 0 Å². The van der Waals surface area contributed by atoms with Crippen molar-refractivity contribution in [1.29, 1.82) is 0 Å². The number of non-ortho nitro benzene ring substituents is 1. The molecule has 0 bridgehead atoms. The van der Waals surface area contributed by atoms with E-state index >= 15 is 0 Å². The van der Waals surface area contributed by atoms with E-state index < -0.39 is 16.8 Å². The molecule has 9 heteroatoms. The first-order valence-corrected chi connectivity index (χ1v) is 5.31.